The number of carboxylic acid groups (broad SMARTS) is 1. The highest BCUT2D eigenvalue weighted by atomic mass is 16.4. The van der Waals surface area contributed by atoms with Crippen LogP contribution in [0.1, 0.15) is 37.9 Å². The third kappa shape index (κ3) is 2.40. The molecule has 4 fully saturated rings. The molecule has 8 heteroatoms. The van der Waals surface area contributed by atoms with Crippen LogP contribution in [0.4, 0.5) is 4.79 Å². The smallest absolute Gasteiger partial charge is 0.407 e. The van der Waals surface area contributed by atoms with E-state index in [9.17, 15) is 9.90 Å². The zero-order valence-corrected chi connectivity index (χ0v) is 13.6. The lowest BCUT2D eigenvalue weighted by Crippen LogP contribution is -2.61. The molecular weight excluding hydrogens is 308 g/mol. The van der Waals surface area contributed by atoms with Crippen LogP contribution in [0.15, 0.2) is 12.2 Å². The van der Waals surface area contributed by atoms with Gasteiger partial charge in [-0.25, -0.2) is 4.79 Å². The Morgan fingerprint density at radius 2 is 2.08 bits per heavy atom. The largest absolute Gasteiger partial charge is 0.465 e. The minimum atomic E-state index is -0.831. The summed E-state index contributed by atoms with van der Waals surface area (Å²) in [6.07, 6.45) is 8.15. The first-order valence-electron chi connectivity index (χ1n) is 8.71. The first kappa shape index (κ1) is 15.6. The van der Waals surface area contributed by atoms with E-state index in [1.54, 1.807) is 4.90 Å². The molecule has 1 amide bonds. The Morgan fingerprint density at radius 1 is 1.33 bits per heavy atom. The van der Waals surface area contributed by atoms with Crippen LogP contribution in [-0.4, -0.2) is 55.9 Å². The van der Waals surface area contributed by atoms with Gasteiger partial charge in [-0.15, -0.1) is 10.2 Å². The van der Waals surface area contributed by atoms with E-state index in [4.69, 9.17) is 5.73 Å². The van der Waals surface area contributed by atoms with Gasteiger partial charge in [0, 0.05) is 24.5 Å². The number of hydrogen-bond acceptors (Lipinski definition) is 5. The Kier molecular flexibility index (Phi) is 3.79. The van der Waals surface area contributed by atoms with E-state index in [0.29, 0.717) is 30.8 Å². The second-order valence-electron chi connectivity index (χ2n) is 7.62. The number of H-pyrrole nitrogens is 1. The zero-order chi connectivity index (χ0) is 16.7. The minimum absolute atomic E-state index is 0.00271. The molecule has 0 saturated heterocycles. The number of aromatic nitrogens is 4. The number of tetrazole rings is 1. The summed E-state index contributed by atoms with van der Waals surface area (Å²) in [6, 6.07) is 0.0986. The Balaban J connectivity index is 1.60. The predicted molar refractivity (Wildman–Crippen MR) is 86.1 cm³/mol. The molecule has 1 aromatic rings. The number of carbonyl (C=O) groups is 1. The Bertz CT molecular complexity index is 615. The highest BCUT2D eigenvalue weighted by molar-refractivity contribution is 5.66. The summed E-state index contributed by atoms with van der Waals surface area (Å²) in [6.45, 7) is 0.859. The monoisotopic (exact) mass is 332 g/mol. The van der Waals surface area contributed by atoms with Crippen molar-refractivity contribution in [3.8, 4) is 0 Å². The fourth-order valence-electron chi connectivity index (χ4n) is 5.78. The minimum Gasteiger partial charge on any atom is -0.465 e. The maximum Gasteiger partial charge on any atom is 0.407 e. The number of nitrogens with zero attached hydrogens (tertiary/aromatic N) is 4. The summed E-state index contributed by atoms with van der Waals surface area (Å²) in [5, 5.41) is 24.6. The Morgan fingerprint density at radius 3 is 2.67 bits per heavy atom. The lowest BCUT2D eigenvalue weighted by Gasteiger charge is -2.60. The normalized spacial score (nSPS) is 37.2. The van der Waals surface area contributed by atoms with E-state index in [1.165, 1.54) is 0 Å². The van der Waals surface area contributed by atoms with Crippen molar-refractivity contribution < 1.29 is 9.90 Å². The van der Waals surface area contributed by atoms with Gasteiger partial charge in [-0.1, -0.05) is 17.4 Å². The van der Waals surface area contributed by atoms with Gasteiger partial charge in [0.1, 0.15) is 0 Å². The number of amides is 1. The topological polar surface area (TPSA) is 121 Å². The second kappa shape index (κ2) is 5.84. The van der Waals surface area contributed by atoms with Crippen LogP contribution in [0.25, 0.3) is 0 Å². The maximum absolute atomic E-state index is 11.8. The molecule has 1 aromatic heterocycles. The van der Waals surface area contributed by atoms with Crippen molar-refractivity contribution in [2.45, 2.75) is 43.6 Å². The molecule has 0 aliphatic heterocycles. The lowest BCUT2D eigenvalue weighted by molar-refractivity contribution is -0.0730. The summed E-state index contributed by atoms with van der Waals surface area (Å²) < 4.78 is 0. The molecule has 4 bridgehead atoms. The summed E-state index contributed by atoms with van der Waals surface area (Å²) in [5.41, 5.74) is 5.48. The SMILES string of the molecule is NC/C=C/CN(C(=O)O)C1[C@@H]2CC3C[C@H]1CC(c1nn[nH]n1)(C3)C2. The van der Waals surface area contributed by atoms with Crippen molar-refractivity contribution in [3.05, 3.63) is 18.0 Å². The molecular formula is C16H24N6O2. The van der Waals surface area contributed by atoms with Crippen LogP contribution in [0.3, 0.4) is 0 Å². The quantitative estimate of drug-likeness (QED) is 0.695. The Labute approximate surface area is 140 Å². The third-order valence-electron chi connectivity index (χ3n) is 6.25. The summed E-state index contributed by atoms with van der Waals surface area (Å²) in [5.74, 6) is 2.26. The standard InChI is InChI=1S/C16H24N6O2/c17-3-1-2-4-22(15(23)24)13-11-5-10-6-12(13)9-16(7-10,8-11)14-18-20-21-19-14/h1-2,10-13H,3-9,17H2,(H,23,24)(H,18,19,20,21)/b2-1+/t10?,11-,12+,13?,16?. The van der Waals surface area contributed by atoms with E-state index >= 15 is 0 Å². The van der Waals surface area contributed by atoms with Gasteiger partial charge in [0.15, 0.2) is 5.82 Å². The molecule has 0 aromatic carbocycles. The number of nitrogens with one attached hydrogen (secondary N) is 1. The number of aromatic amines is 1. The summed E-state index contributed by atoms with van der Waals surface area (Å²) >= 11 is 0. The third-order valence-corrected chi connectivity index (χ3v) is 6.25. The van der Waals surface area contributed by atoms with Gasteiger partial charge in [0.05, 0.1) is 0 Å². The van der Waals surface area contributed by atoms with E-state index in [0.717, 1.165) is 37.9 Å². The van der Waals surface area contributed by atoms with Crippen LogP contribution >= 0.6 is 0 Å². The van der Waals surface area contributed by atoms with Crippen LogP contribution < -0.4 is 5.73 Å². The van der Waals surface area contributed by atoms with Gasteiger partial charge in [0.25, 0.3) is 0 Å². The van der Waals surface area contributed by atoms with Crippen LogP contribution in [0.2, 0.25) is 0 Å². The maximum atomic E-state index is 11.8. The van der Waals surface area contributed by atoms with Crippen LogP contribution in [-0.2, 0) is 5.41 Å². The van der Waals surface area contributed by atoms with E-state index < -0.39 is 6.09 Å². The van der Waals surface area contributed by atoms with E-state index in [2.05, 4.69) is 20.6 Å². The van der Waals surface area contributed by atoms with Gasteiger partial charge < -0.3 is 15.7 Å². The van der Waals surface area contributed by atoms with Crippen molar-refractivity contribution in [2.24, 2.45) is 23.5 Å². The molecule has 1 heterocycles. The molecule has 4 aliphatic rings. The lowest BCUT2D eigenvalue weighted by atomic mass is 9.47. The molecule has 24 heavy (non-hydrogen) atoms. The Hall–Kier alpha value is -1.96. The molecule has 0 radical (unpaired) electrons. The van der Waals surface area contributed by atoms with Gasteiger partial charge in [-0.3, -0.25) is 0 Å². The van der Waals surface area contributed by atoms with Crippen molar-refractivity contribution in [1.29, 1.82) is 0 Å². The van der Waals surface area contributed by atoms with Crippen molar-refractivity contribution >= 4 is 6.09 Å². The van der Waals surface area contributed by atoms with Gasteiger partial charge in [0.2, 0.25) is 0 Å². The van der Waals surface area contributed by atoms with E-state index in [1.807, 2.05) is 12.2 Å². The van der Waals surface area contributed by atoms with Crippen molar-refractivity contribution in [2.75, 3.05) is 13.1 Å². The molecule has 4 aliphatic carbocycles. The van der Waals surface area contributed by atoms with Gasteiger partial charge >= 0.3 is 6.09 Å². The fourth-order valence-corrected chi connectivity index (χ4v) is 5.78. The number of hydrogen-bond donors (Lipinski definition) is 3. The molecule has 3 unspecified atom stereocenters. The number of rotatable bonds is 5. The molecule has 4 saturated carbocycles. The molecule has 5 atom stereocenters. The first-order valence-corrected chi connectivity index (χ1v) is 8.71. The first-order chi connectivity index (χ1) is 11.6. The number of nitrogens with two attached hydrogens (primary N) is 1. The van der Waals surface area contributed by atoms with Crippen molar-refractivity contribution in [3.63, 3.8) is 0 Å². The molecule has 4 N–H and O–H groups in total. The average molecular weight is 332 g/mol. The molecule has 130 valence electrons. The average Bonchev–Trinajstić information content (AvgIpc) is 3.07. The molecule has 5 rings (SSSR count). The summed E-state index contributed by atoms with van der Waals surface area (Å²) in [4.78, 5) is 13.5. The van der Waals surface area contributed by atoms with Gasteiger partial charge in [-0.2, -0.15) is 5.21 Å². The molecule has 8 nitrogen and oxygen atoms in total. The highest BCUT2D eigenvalue weighted by Gasteiger charge is 2.59. The van der Waals surface area contributed by atoms with Crippen LogP contribution in [0.5, 0.6) is 0 Å². The fraction of sp³-hybridized carbons (Fsp3) is 0.750. The highest BCUT2D eigenvalue weighted by Crippen LogP contribution is 2.61. The predicted octanol–water partition coefficient (Wildman–Crippen LogP) is 1.14. The van der Waals surface area contributed by atoms with Gasteiger partial charge in [-0.05, 0) is 49.9 Å². The zero-order valence-electron chi connectivity index (χ0n) is 13.6. The summed E-state index contributed by atoms with van der Waals surface area (Å²) in [7, 11) is 0. The molecule has 0 spiro atoms. The van der Waals surface area contributed by atoms with Crippen molar-refractivity contribution in [1.82, 2.24) is 25.5 Å². The second-order valence-corrected chi connectivity index (χ2v) is 7.62. The van der Waals surface area contributed by atoms with E-state index in [-0.39, 0.29) is 11.5 Å². The van der Waals surface area contributed by atoms with Crippen LogP contribution in [0, 0.1) is 17.8 Å².